The van der Waals surface area contributed by atoms with Crippen molar-refractivity contribution in [3.05, 3.63) is 0 Å². The molecule has 2 nitrogen and oxygen atoms in total. The molecule has 0 radical (unpaired) electrons. The summed E-state index contributed by atoms with van der Waals surface area (Å²) in [5, 5.41) is 7.98. The molecule has 0 spiro atoms. The van der Waals surface area contributed by atoms with Gasteiger partial charge < -0.3 is 5.11 Å². The number of halogens is 1. The van der Waals surface area contributed by atoms with E-state index in [-0.39, 0.29) is 6.42 Å². The number of hydrogen-bond donors (Lipinski definition) is 1. The van der Waals surface area contributed by atoms with Crippen LogP contribution in [0.3, 0.4) is 0 Å². The molecule has 0 bridgehead atoms. The van der Waals surface area contributed by atoms with Crippen LogP contribution >= 0.6 is 0 Å². The van der Waals surface area contributed by atoms with Gasteiger partial charge in [0.25, 0.3) is 0 Å². The Morgan fingerprint density at radius 1 is 1.86 bits per heavy atom. The van der Waals surface area contributed by atoms with Crippen molar-refractivity contribution >= 4 is 5.97 Å². The molecule has 3 heteroatoms. The Labute approximate surface area is 39.9 Å². The maximum absolute atomic E-state index is 11.6. The summed E-state index contributed by atoms with van der Waals surface area (Å²) in [5.41, 5.74) is 0. The van der Waals surface area contributed by atoms with Crippen molar-refractivity contribution in [1.82, 2.24) is 0 Å². The molecule has 0 aliphatic heterocycles. The maximum atomic E-state index is 11.6. The van der Waals surface area contributed by atoms with Gasteiger partial charge in [0.2, 0.25) is 0 Å². The molecule has 1 saturated carbocycles. The summed E-state index contributed by atoms with van der Waals surface area (Å²) in [5.74, 6) is -1.69. The molecule has 1 aliphatic rings. The molecule has 0 aromatic carbocycles. The van der Waals surface area contributed by atoms with Crippen molar-refractivity contribution < 1.29 is 14.3 Å². The molecule has 1 N–H and O–H groups in total. The van der Waals surface area contributed by atoms with E-state index in [1.807, 2.05) is 0 Å². The van der Waals surface area contributed by atoms with Crippen molar-refractivity contribution in [3.8, 4) is 0 Å². The normalized spacial score (nSPS) is 37.9. The average molecular weight is 104 g/mol. The van der Waals surface area contributed by atoms with Crippen LogP contribution in [-0.2, 0) is 4.79 Å². The maximum Gasteiger partial charge on any atom is 0.309 e. The number of aliphatic carboxylic acids is 1. The quantitative estimate of drug-likeness (QED) is 0.523. The average Bonchev–Trinajstić information content (AvgIpc) is 2.17. The highest BCUT2D eigenvalue weighted by molar-refractivity contribution is 5.73. The summed E-state index contributed by atoms with van der Waals surface area (Å²) in [6.45, 7) is 0. The fourth-order valence-corrected chi connectivity index (χ4v) is 0.420. The lowest BCUT2D eigenvalue weighted by molar-refractivity contribution is -0.138. The van der Waals surface area contributed by atoms with Gasteiger partial charge >= 0.3 is 5.97 Å². The van der Waals surface area contributed by atoms with Crippen LogP contribution in [0.5, 0.6) is 0 Å². The number of carboxylic acid groups (broad SMARTS) is 1. The van der Waals surface area contributed by atoms with Gasteiger partial charge in [-0.15, -0.1) is 0 Å². The number of carboxylic acids is 1. The zero-order valence-corrected chi connectivity index (χ0v) is 3.60. The minimum atomic E-state index is -1.06. The highest BCUT2D eigenvalue weighted by Crippen LogP contribution is 2.33. The lowest BCUT2D eigenvalue weighted by Crippen LogP contribution is -1.98. The molecule has 1 aliphatic carbocycles. The van der Waals surface area contributed by atoms with Gasteiger partial charge in [-0.3, -0.25) is 4.79 Å². The van der Waals surface area contributed by atoms with Crippen LogP contribution in [0.4, 0.5) is 4.39 Å². The van der Waals surface area contributed by atoms with E-state index in [4.69, 9.17) is 5.11 Å². The van der Waals surface area contributed by atoms with Gasteiger partial charge in [-0.05, 0) is 6.42 Å². The van der Waals surface area contributed by atoms with Crippen LogP contribution in [0.15, 0.2) is 0 Å². The molecule has 7 heavy (non-hydrogen) atoms. The first kappa shape index (κ1) is 4.56. The Kier molecular flexibility index (Phi) is 0.770. The third-order valence-electron chi connectivity index (χ3n) is 1.03. The van der Waals surface area contributed by atoms with E-state index >= 15 is 0 Å². The number of hydrogen-bond acceptors (Lipinski definition) is 1. The Bertz CT molecular complexity index is 102. The first-order valence-corrected chi connectivity index (χ1v) is 2.08. The summed E-state index contributed by atoms with van der Waals surface area (Å²) in [4.78, 5) is 9.73. The van der Waals surface area contributed by atoms with Crippen molar-refractivity contribution in [2.75, 3.05) is 0 Å². The second-order valence-corrected chi connectivity index (χ2v) is 1.70. The summed E-state index contributed by atoms with van der Waals surface area (Å²) >= 11 is 0. The first-order valence-electron chi connectivity index (χ1n) is 2.08. The summed E-state index contributed by atoms with van der Waals surface area (Å²) in [6.07, 6.45) is -0.840. The van der Waals surface area contributed by atoms with E-state index in [0.717, 1.165) is 0 Å². The van der Waals surface area contributed by atoms with E-state index in [1.165, 1.54) is 0 Å². The zero-order valence-electron chi connectivity index (χ0n) is 3.60. The van der Waals surface area contributed by atoms with Crippen molar-refractivity contribution in [1.29, 1.82) is 0 Å². The molecule has 2 atom stereocenters. The molecule has 0 aromatic rings. The molecule has 0 heterocycles. The Balaban J connectivity index is 2.33. The lowest BCUT2D eigenvalue weighted by atomic mass is 10.4. The van der Waals surface area contributed by atoms with Crippen molar-refractivity contribution in [3.63, 3.8) is 0 Å². The summed E-state index contributed by atoms with van der Waals surface area (Å²) in [7, 11) is 0. The Morgan fingerprint density at radius 2 is 2.29 bits per heavy atom. The molecular formula is C4H5FO2. The van der Waals surface area contributed by atoms with E-state index < -0.39 is 18.1 Å². The van der Waals surface area contributed by atoms with Crippen LogP contribution in [0.1, 0.15) is 6.42 Å². The van der Waals surface area contributed by atoms with Gasteiger partial charge in [0, 0.05) is 0 Å². The SMILES string of the molecule is O=C(O)[C@@H]1CC1F. The molecule has 0 aromatic heterocycles. The highest BCUT2D eigenvalue weighted by atomic mass is 19.1. The molecule has 1 fully saturated rings. The van der Waals surface area contributed by atoms with E-state index in [1.54, 1.807) is 0 Å². The van der Waals surface area contributed by atoms with Crippen LogP contribution in [0, 0.1) is 5.92 Å². The topological polar surface area (TPSA) is 37.3 Å². The minimum Gasteiger partial charge on any atom is -0.481 e. The third-order valence-corrected chi connectivity index (χ3v) is 1.03. The predicted octanol–water partition coefficient (Wildman–Crippen LogP) is 0.429. The first-order chi connectivity index (χ1) is 3.22. The molecule has 1 unspecified atom stereocenters. The van der Waals surface area contributed by atoms with Gasteiger partial charge in [-0.2, -0.15) is 0 Å². The monoisotopic (exact) mass is 104 g/mol. The van der Waals surface area contributed by atoms with Gasteiger partial charge in [0.05, 0.1) is 5.92 Å². The van der Waals surface area contributed by atoms with Crippen LogP contribution in [0.2, 0.25) is 0 Å². The van der Waals surface area contributed by atoms with Crippen LogP contribution in [0.25, 0.3) is 0 Å². The third kappa shape index (κ3) is 0.706. The largest absolute Gasteiger partial charge is 0.481 e. The van der Waals surface area contributed by atoms with Crippen LogP contribution in [-0.4, -0.2) is 17.2 Å². The Morgan fingerprint density at radius 3 is 2.29 bits per heavy atom. The Hall–Kier alpha value is -0.600. The predicted molar refractivity (Wildman–Crippen MR) is 20.6 cm³/mol. The van der Waals surface area contributed by atoms with Crippen molar-refractivity contribution in [2.24, 2.45) is 5.92 Å². The summed E-state index contributed by atoms with van der Waals surface area (Å²) in [6, 6.07) is 0. The molecule has 40 valence electrons. The van der Waals surface area contributed by atoms with Crippen LogP contribution < -0.4 is 0 Å². The van der Waals surface area contributed by atoms with E-state index in [0.29, 0.717) is 0 Å². The standard InChI is InChI=1S/C4H5FO2/c5-3-1-2(3)4(6)7/h2-3H,1H2,(H,6,7)/t2-,3?/m1/s1. The number of rotatable bonds is 1. The molecule has 0 amide bonds. The zero-order chi connectivity index (χ0) is 5.44. The summed E-state index contributed by atoms with van der Waals surface area (Å²) < 4.78 is 11.6. The van der Waals surface area contributed by atoms with Crippen molar-refractivity contribution in [2.45, 2.75) is 12.6 Å². The fourth-order valence-electron chi connectivity index (χ4n) is 0.420. The second kappa shape index (κ2) is 1.18. The highest BCUT2D eigenvalue weighted by Gasteiger charge is 2.43. The molecule has 0 saturated heterocycles. The van der Waals surface area contributed by atoms with Gasteiger partial charge in [-0.1, -0.05) is 0 Å². The van der Waals surface area contributed by atoms with E-state index in [2.05, 4.69) is 0 Å². The fraction of sp³-hybridized carbons (Fsp3) is 0.750. The van der Waals surface area contributed by atoms with Gasteiger partial charge in [0.15, 0.2) is 0 Å². The smallest absolute Gasteiger partial charge is 0.309 e. The number of alkyl halides is 1. The van der Waals surface area contributed by atoms with E-state index in [9.17, 15) is 9.18 Å². The molecular weight excluding hydrogens is 99.0 g/mol. The number of carbonyl (C=O) groups is 1. The van der Waals surface area contributed by atoms with Gasteiger partial charge in [0.1, 0.15) is 6.17 Å². The molecule has 1 rings (SSSR count). The minimum absolute atomic E-state index is 0.218. The van der Waals surface area contributed by atoms with Gasteiger partial charge in [-0.25, -0.2) is 4.39 Å². The lowest BCUT2D eigenvalue weighted by Gasteiger charge is -1.77. The second-order valence-electron chi connectivity index (χ2n) is 1.70.